The van der Waals surface area contributed by atoms with Crippen molar-refractivity contribution in [3.63, 3.8) is 0 Å². The maximum atomic E-state index is 13.7. The number of rotatable bonds is 9. The number of para-hydroxylation sites is 2. The predicted molar refractivity (Wildman–Crippen MR) is 129 cm³/mol. The minimum atomic E-state index is -1.29. The van der Waals surface area contributed by atoms with Crippen molar-refractivity contribution in [2.24, 2.45) is 17.8 Å². The Labute approximate surface area is 206 Å². The topological polar surface area (TPSA) is 83.5 Å². The summed E-state index contributed by atoms with van der Waals surface area (Å²) in [6.07, 6.45) is 3.86. The van der Waals surface area contributed by atoms with Crippen molar-refractivity contribution in [1.29, 1.82) is 0 Å². The first-order chi connectivity index (χ1) is 16.9. The highest BCUT2D eigenvalue weighted by atomic mass is 16.6. The maximum Gasteiger partial charge on any atom is 0.351 e. The van der Waals surface area contributed by atoms with Crippen LogP contribution in [0.15, 0.2) is 42.5 Å². The van der Waals surface area contributed by atoms with Crippen LogP contribution in [-0.2, 0) is 9.53 Å². The van der Waals surface area contributed by atoms with Gasteiger partial charge in [-0.2, -0.15) is 0 Å². The van der Waals surface area contributed by atoms with E-state index in [0.29, 0.717) is 46.3 Å². The van der Waals surface area contributed by atoms with Crippen LogP contribution in [0.5, 0.6) is 23.0 Å². The number of hydrogen-bond donors (Lipinski definition) is 1. The molecule has 4 fully saturated rings. The fourth-order valence-electron chi connectivity index (χ4n) is 6.73. The summed E-state index contributed by atoms with van der Waals surface area (Å²) in [4.78, 5) is 13.7. The molecule has 188 valence electrons. The lowest BCUT2D eigenvalue weighted by molar-refractivity contribution is -0.197. The summed E-state index contributed by atoms with van der Waals surface area (Å²) < 4.78 is 28.6. The second kappa shape index (κ2) is 9.61. The van der Waals surface area contributed by atoms with E-state index in [4.69, 9.17) is 23.7 Å². The van der Waals surface area contributed by atoms with Crippen LogP contribution in [0.1, 0.15) is 50.2 Å². The Bertz CT molecular complexity index is 1030. The minimum Gasteiger partial charge on any atom is -0.493 e. The number of carbonyl (C=O) groups is 1. The average Bonchev–Trinajstić information content (AvgIpc) is 2.85. The van der Waals surface area contributed by atoms with E-state index in [1.807, 2.05) is 6.07 Å². The second-order valence-corrected chi connectivity index (χ2v) is 10.3. The molecule has 0 unspecified atom stereocenters. The normalized spacial score (nSPS) is 28.2. The standard InChI is InChI=1S/C28H34O7/c1-31-21-6-4-5-7-23(21)34-26(25(29)20-8-9-22(32-2)24(13-20)33-3)27(30)35-28-14-17-10-18(15-28)12-19(11-17)16-28/h4-9,13,17-19,25-26,29H,10-12,14-16H2,1-3H3/t17?,18?,19?,25-,26+,28?/m0/s1. The van der Waals surface area contributed by atoms with E-state index in [0.717, 1.165) is 19.3 Å². The zero-order valence-electron chi connectivity index (χ0n) is 20.6. The van der Waals surface area contributed by atoms with Crippen LogP contribution >= 0.6 is 0 Å². The number of esters is 1. The van der Waals surface area contributed by atoms with E-state index < -0.39 is 23.8 Å². The molecule has 4 saturated carbocycles. The van der Waals surface area contributed by atoms with Gasteiger partial charge in [0.05, 0.1) is 21.3 Å². The van der Waals surface area contributed by atoms with Gasteiger partial charge in [0.2, 0.25) is 6.10 Å². The number of carbonyl (C=O) groups excluding carboxylic acids is 1. The first kappa shape index (κ1) is 23.8. The zero-order valence-corrected chi connectivity index (χ0v) is 20.6. The first-order valence-electron chi connectivity index (χ1n) is 12.4. The summed E-state index contributed by atoms with van der Waals surface area (Å²) in [5.74, 6) is 3.13. The molecule has 4 bridgehead atoms. The molecule has 4 aliphatic rings. The molecule has 1 N–H and O–H groups in total. The summed E-state index contributed by atoms with van der Waals surface area (Å²) in [5, 5.41) is 11.4. The molecule has 0 saturated heterocycles. The molecule has 0 spiro atoms. The van der Waals surface area contributed by atoms with Gasteiger partial charge in [-0.25, -0.2) is 4.79 Å². The van der Waals surface area contributed by atoms with Crippen molar-refractivity contribution in [3.8, 4) is 23.0 Å². The fourth-order valence-corrected chi connectivity index (χ4v) is 6.73. The van der Waals surface area contributed by atoms with Crippen molar-refractivity contribution in [2.75, 3.05) is 21.3 Å². The van der Waals surface area contributed by atoms with Crippen LogP contribution in [-0.4, -0.2) is 44.1 Å². The highest BCUT2D eigenvalue weighted by Crippen LogP contribution is 2.57. The van der Waals surface area contributed by atoms with Gasteiger partial charge in [-0.15, -0.1) is 0 Å². The molecule has 0 aliphatic heterocycles. The zero-order chi connectivity index (χ0) is 24.6. The molecular formula is C28H34O7. The molecular weight excluding hydrogens is 448 g/mol. The first-order valence-corrected chi connectivity index (χ1v) is 12.4. The SMILES string of the molecule is COc1ccc([C@H](O)[C@@H](Oc2ccccc2OC)C(=O)OC23CC4CC(CC(C4)C2)C3)cc1OC. The lowest BCUT2D eigenvalue weighted by Gasteiger charge is -2.55. The average molecular weight is 483 g/mol. The quantitative estimate of drug-likeness (QED) is 0.519. The van der Waals surface area contributed by atoms with Crippen LogP contribution in [0.2, 0.25) is 0 Å². The van der Waals surface area contributed by atoms with E-state index in [1.165, 1.54) is 33.5 Å². The van der Waals surface area contributed by atoms with Crippen molar-refractivity contribution in [1.82, 2.24) is 0 Å². The number of aliphatic hydroxyl groups excluding tert-OH is 1. The lowest BCUT2D eigenvalue weighted by atomic mass is 9.54. The van der Waals surface area contributed by atoms with E-state index in [2.05, 4.69) is 0 Å². The van der Waals surface area contributed by atoms with Gasteiger partial charge in [-0.05, 0) is 86.1 Å². The van der Waals surface area contributed by atoms with Crippen LogP contribution in [0.3, 0.4) is 0 Å². The Balaban J connectivity index is 1.44. The molecule has 0 heterocycles. The van der Waals surface area contributed by atoms with Crippen LogP contribution < -0.4 is 18.9 Å². The Kier molecular flexibility index (Phi) is 6.53. The molecule has 7 nitrogen and oxygen atoms in total. The Morgan fingerprint density at radius 3 is 1.94 bits per heavy atom. The third-order valence-electron chi connectivity index (χ3n) is 7.89. The molecule has 0 aromatic heterocycles. The highest BCUT2D eigenvalue weighted by Gasteiger charge is 2.54. The Hall–Kier alpha value is -2.93. The van der Waals surface area contributed by atoms with Crippen molar-refractivity contribution >= 4 is 5.97 Å². The van der Waals surface area contributed by atoms with Crippen LogP contribution in [0.4, 0.5) is 0 Å². The molecule has 2 aromatic carbocycles. The molecule has 0 radical (unpaired) electrons. The van der Waals surface area contributed by atoms with E-state index in [-0.39, 0.29) is 0 Å². The Morgan fingerprint density at radius 2 is 1.37 bits per heavy atom. The third kappa shape index (κ3) is 4.66. The van der Waals surface area contributed by atoms with Crippen molar-refractivity contribution < 1.29 is 33.6 Å². The summed E-state index contributed by atoms with van der Waals surface area (Å²) >= 11 is 0. The molecule has 35 heavy (non-hydrogen) atoms. The third-order valence-corrected chi connectivity index (χ3v) is 7.89. The molecule has 2 atom stereocenters. The van der Waals surface area contributed by atoms with Crippen molar-refractivity contribution in [2.45, 2.75) is 56.3 Å². The number of hydrogen-bond acceptors (Lipinski definition) is 7. The summed E-state index contributed by atoms with van der Waals surface area (Å²) in [5.41, 5.74) is 0.0101. The van der Waals surface area contributed by atoms with Gasteiger partial charge in [0.1, 0.15) is 11.7 Å². The minimum absolute atomic E-state index is 0.363. The maximum absolute atomic E-state index is 13.7. The summed E-state index contributed by atoms with van der Waals surface area (Å²) in [6.45, 7) is 0. The van der Waals surface area contributed by atoms with Gasteiger partial charge < -0.3 is 28.8 Å². The smallest absolute Gasteiger partial charge is 0.351 e. The number of methoxy groups -OCH3 is 3. The predicted octanol–water partition coefficient (Wildman–Crippen LogP) is 4.71. The van der Waals surface area contributed by atoms with Gasteiger partial charge >= 0.3 is 5.97 Å². The van der Waals surface area contributed by atoms with E-state index >= 15 is 0 Å². The van der Waals surface area contributed by atoms with Crippen LogP contribution in [0.25, 0.3) is 0 Å². The van der Waals surface area contributed by atoms with Gasteiger partial charge in [0, 0.05) is 0 Å². The van der Waals surface area contributed by atoms with Crippen LogP contribution in [0, 0.1) is 17.8 Å². The lowest BCUT2D eigenvalue weighted by Crippen LogP contribution is -2.54. The molecule has 4 aliphatic carbocycles. The second-order valence-electron chi connectivity index (χ2n) is 10.3. The molecule has 7 heteroatoms. The van der Waals surface area contributed by atoms with Gasteiger partial charge in [-0.3, -0.25) is 0 Å². The molecule has 2 aromatic rings. The number of benzene rings is 2. The van der Waals surface area contributed by atoms with E-state index in [9.17, 15) is 9.90 Å². The largest absolute Gasteiger partial charge is 0.493 e. The van der Waals surface area contributed by atoms with E-state index in [1.54, 1.807) is 43.5 Å². The highest BCUT2D eigenvalue weighted by molar-refractivity contribution is 5.77. The van der Waals surface area contributed by atoms with Gasteiger partial charge in [0.25, 0.3) is 0 Å². The van der Waals surface area contributed by atoms with Crippen molar-refractivity contribution in [3.05, 3.63) is 48.0 Å². The van der Waals surface area contributed by atoms with Gasteiger partial charge in [0.15, 0.2) is 23.0 Å². The summed E-state index contributed by atoms with van der Waals surface area (Å²) in [6, 6.07) is 12.1. The number of ether oxygens (including phenoxy) is 5. The fraction of sp³-hybridized carbons (Fsp3) is 0.536. The molecule has 0 amide bonds. The monoisotopic (exact) mass is 482 g/mol. The Morgan fingerprint density at radius 1 is 0.829 bits per heavy atom. The number of aliphatic hydroxyl groups is 1. The molecule has 6 rings (SSSR count). The summed E-state index contributed by atoms with van der Waals surface area (Å²) in [7, 11) is 4.61. The van der Waals surface area contributed by atoms with Gasteiger partial charge in [-0.1, -0.05) is 18.2 Å².